The van der Waals surface area contributed by atoms with E-state index < -0.39 is 0 Å². The standard InChI is InChI=1S/C27H26N4O2/c1-19(32)28-18-22(16-20-10-4-2-5-11-20)29-27(33)24-15-9-8-14-23(24)26-17-25(30-31-26)21-12-6-3-7-13-21/h2-15,17,22H,16,18H2,1H3,(H,28,32)(H,29,33)(H,30,31)/t22-/m0/s1. The van der Waals surface area contributed by atoms with Crippen LogP contribution in [-0.4, -0.2) is 34.6 Å². The quantitative estimate of drug-likeness (QED) is 0.385. The number of aromatic amines is 1. The van der Waals surface area contributed by atoms with E-state index in [2.05, 4.69) is 20.8 Å². The van der Waals surface area contributed by atoms with Gasteiger partial charge in [0, 0.05) is 30.2 Å². The van der Waals surface area contributed by atoms with Crippen LogP contribution in [0.15, 0.2) is 91.0 Å². The minimum absolute atomic E-state index is 0.131. The van der Waals surface area contributed by atoms with Crippen molar-refractivity contribution in [2.24, 2.45) is 0 Å². The molecular weight excluding hydrogens is 412 g/mol. The van der Waals surface area contributed by atoms with Crippen LogP contribution < -0.4 is 10.6 Å². The topological polar surface area (TPSA) is 86.9 Å². The van der Waals surface area contributed by atoms with Crippen LogP contribution in [0.5, 0.6) is 0 Å². The van der Waals surface area contributed by atoms with Gasteiger partial charge in [-0.15, -0.1) is 0 Å². The Morgan fingerprint density at radius 1 is 0.909 bits per heavy atom. The summed E-state index contributed by atoms with van der Waals surface area (Å²) in [5.74, 6) is -0.332. The van der Waals surface area contributed by atoms with E-state index >= 15 is 0 Å². The highest BCUT2D eigenvalue weighted by Crippen LogP contribution is 2.26. The molecule has 3 N–H and O–H groups in total. The Morgan fingerprint density at radius 2 is 1.58 bits per heavy atom. The molecule has 0 bridgehead atoms. The Bertz CT molecular complexity index is 1220. The zero-order valence-corrected chi connectivity index (χ0v) is 18.4. The van der Waals surface area contributed by atoms with Gasteiger partial charge in [0.1, 0.15) is 0 Å². The lowest BCUT2D eigenvalue weighted by molar-refractivity contribution is -0.119. The van der Waals surface area contributed by atoms with Crippen LogP contribution in [-0.2, 0) is 11.2 Å². The average Bonchev–Trinajstić information content (AvgIpc) is 3.34. The Labute approximate surface area is 193 Å². The number of nitrogens with zero attached hydrogens (tertiary/aromatic N) is 1. The maximum absolute atomic E-state index is 13.3. The average molecular weight is 439 g/mol. The highest BCUT2D eigenvalue weighted by atomic mass is 16.2. The van der Waals surface area contributed by atoms with E-state index in [1.807, 2.05) is 84.9 Å². The molecular formula is C27H26N4O2. The number of hydrogen-bond donors (Lipinski definition) is 3. The third-order valence-corrected chi connectivity index (χ3v) is 5.37. The first-order valence-electron chi connectivity index (χ1n) is 10.9. The molecule has 0 aliphatic heterocycles. The number of hydrogen-bond acceptors (Lipinski definition) is 3. The van der Waals surface area contributed by atoms with Crippen LogP contribution in [0, 0.1) is 0 Å². The van der Waals surface area contributed by atoms with Gasteiger partial charge in [-0.05, 0) is 24.1 Å². The smallest absolute Gasteiger partial charge is 0.252 e. The highest BCUT2D eigenvalue weighted by molar-refractivity contribution is 6.00. The fourth-order valence-electron chi connectivity index (χ4n) is 3.74. The monoisotopic (exact) mass is 438 g/mol. The van der Waals surface area contributed by atoms with Crippen molar-refractivity contribution in [3.63, 3.8) is 0 Å². The molecule has 0 spiro atoms. The molecule has 3 aromatic carbocycles. The molecule has 1 heterocycles. The molecule has 1 aromatic heterocycles. The van der Waals surface area contributed by atoms with Crippen LogP contribution >= 0.6 is 0 Å². The van der Waals surface area contributed by atoms with E-state index in [4.69, 9.17) is 0 Å². The molecule has 0 unspecified atom stereocenters. The Balaban J connectivity index is 1.56. The fraction of sp³-hybridized carbons (Fsp3) is 0.148. The Kier molecular flexibility index (Phi) is 6.95. The summed E-state index contributed by atoms with van der Waals surface area (Å²) in [6.45, 7) is 1.82. The van der Waals surface area contributed by atoms with Gasteiger partial charge in [-0.25, -0.2) is 0 Å². The zero-order chi connectivity index (χ0) is 23.0. The van der Waals surface area contributed by atoms with E-state index in [1.54, 1.807) is 6.07 Å². The van der Waals surface area contributed by atoms with Crippen molar-refractivity contribution in [2.45, 2.75) is 19.4 Å². The van der Waals surface area contributed by atoms with E-state index in [0.717, 1.165) is 28.1 Å². The first-order chi connectivity index (χ1) is 16.1. The van der Waals surface area contributed by atoms with Crippen LogP contribution in [0.4, 0.5) is 0 Å². The first-order valence-corrected chi connectivity index (χ1v) is 10.9. The SMILES string of the molecule is CC(=O)NC[C@H](Cc1ccccc1)NC(=O)c1ccccc1-c1cc(-c2ccccc2)n[nH]1. The van der Waals surface area contributed by atoms with E-state index in [1.165, 1.54) is 6.92 Å². The number of amides is 2. The van der Waals surface area contributed by atoms with E-state index in [-0.39, 0.29) is 17.9 Å². The summed E-state index contributed by atoms with van der Waals surface area (Å²) in [4.78, 5) is 24.8. The lowest BCUT2D eigenvalue weighted by Gasteiger charge is -2.20. The van der Waals surface area contributed by atoms with Crippen LogP contribution in [0.3, 0.4) is 0 Å². The Morgan fingerprint density at radius 3 is 2.30 bits per heavy atom. The van der Waals surface area contributed by atoms with Crippen molar-refractivity contribution in [3.8, 4) is 22.5 Å². The van der Waals surface area contributed by atoms with Gasteiger partial charge in [0.25, 0.3) is 5.91 Å². The number of aromatic nitrogens is 2. The largest absolute Gasteiger partial charge is 0.354 e. The molecule has 166 valence electrons. The minimum atomic E-state index is -0.251. The number of benzene rings is 3. The normalized spacial score (nSPS) is 11.5. The molecule has 0 fully saturated rings. The summed E-state index contributed by atoms with van der Waals surface area (Å²) in [5.41, 5.74) is 4.97. The number of carbonyl (C=O) groups excluding carboxylic acids is 2. The summed E-state index contributed by atoms with van der Waals surface area (Å²) in [5, 5.41) is 13.4. The predicted molar refractivity (Wildman–Crippen MR) is 130 cm³/mol. The second kappa shape index (κ2) is 10.4. The van der Waals surface area contributed by atoms with Crippen LogP contribution in [0.25, 0.3) is 22.5 Å². The van der Waals surface area contributed by atoms with Crippen molar-refractivity contribution >= 4 is 11.8 Å². The van der Waals surface area contributed by atoms with Gasteiger partial charge in [0.2, 0.25) is 5.91 Å². The van der Waals surface area contributed by atoms with Crippen molar-refractivity contribution in [3.05, 3.63) is 102 Å². The number of nitrogens with one attached hydrogen (secondary N) is 3. The van der Waals surface area contributed by atoms with Gasteiger partial charge in [0.15, 0.2) is 0 Å². The molecule has 0 radical (unpaired) electrons. The molecule has 4 rings (SSSR count). The summed E-state index contributed by atoms with van der Waals surface area (Å²) < 4.78 is 0. The Hall–Kier alpha value is -4.19. The molecule has 33 heavy (non-hydrogen) atoms. The molecule has 0 aliphatic carbocycles. The molecule has 4 aromatic rings. The van der Waals surface area contributed by atoms with Gasteiger partial charge in [-0.1, -0.05) is 78.9 Å². The van der Waals surface area contributed by atoms with Gasteiger partial charge in [-0.2, -0.15) is 5.10 Å². The second-order valence-electron chi connectivity index (χ2n) is 7.88. The van der Waals surface area contributed by atoms with Crippen molar-refractivity contribution < 1.29 is 9.59 Å². The van der Waals surface area contributed by atoms with Crippen molar-refractivity contribution in [1.29, 1.82) is 0 Å². The fourth-order valence-corrected chi connectivity index (χ4v) is 3.74. The van der Waals surface area contributed by atoms with Crippen molar-refractivity contribution in [2.75, 3.05) is 6.54 Å². The summed E-state index contributed by atoms with van der Waals surface area (Å²) in [6, 6.07) is 28.9. The molecule has 0 saturated heterocycles. The third-order valence-electron chi connectivity index (χ3n) is 5.37. The van der Waals surface area contributed by atoms with Crippen molar-refractivity contribution in [1.82, 2.24) is 20.8 Å². The number of rotatable bonds is 8. The number of carbonyl (C=O) groups is 2. The van der Waals surface area contributed by atoms with Crippen LogP contribution in [0.2, 0.25) is 0 Å². The molecule has 2 amide bonds. The second-order valence-corrected chi connectivity index (χ2v) is 7.88. The van der Waals surface area contributed by atoms with Gasteiger partial charge >= 0.3 is 0 Å². The summed E-state index contributed by atoms with van der Waals surface area (Å²) in [6.07, 6.45) is 0.608. The van der Waals surface area contributed by atoms with Crippen LogP contribution in [0.1, 0.15) is 22.8 Å². The maximum atomic E-state index is 13.3. The zero-order valence-electron chi connectivity index (χ0n) is 18.4. The van der Waals surface area contributed by atoms with E-state index in [9.17, 15) is 9.59 Å². The summed E-state index contributed by atoms with van der Waals surface area (Å²) in [7, 11) is 0. The lowest BCUT2D eigenvalue weighted by Crippen LogP contribution is -2.44. The molecule has 6 heteroatoms. The highest BCUT2D eigenvalue weighted by Gasteiger charge is 2.19. The summed E-state index contributed by atoms with van der Waals surface area (Å²) >= 11 is 0. The van der Waals surface area contributed by atoms with Gasteiger partial charge < -0.3 is 10.6 Å². The predicted octanol–water partition coefficient (Wildman–Crippen LogP) is 4.22. The number of H-pyrrole nitrogens is 1. The first kappa shape index (κ1) is 22.0. The molecule has 0 aliphatic rings. The third kappa shape index (κ3) is 5.74. The lowest BCUT2D eigenvalue weighted by atomic mass is 10.0. The van der Waals surface area contributed by atoms with Gasteiger partial charge in [0.05, 0.1) is 17.4 Å². The maximum Gasteiger partial charge on any atom is 0.252 e. The molecule has 0 saturated carbocycles. The van der Waals surface area contributed by atoms with Gasteiger partial charge in [-0.3, -0.25) is 14.7 Å². The minimum Gasteiger partial charge on any atom is -0.354 e. The molecule has 6 nitrogen and oxygen atoms in total. The van der Waals surface area contributed by atoms with E-state index in [0.29, 0.717) is 18.5 Å². The molecule has 1 atom stereocenters.